The van der Waals surface area contributed by atoms with Gasteiger partial charge < -0.3 is 11.1 Å². The second kappa shape index (κ2) is 9.97. The SMILES string of the molecule is CCCCCNC(=O)C(C)SCC(C)CN. The fraction of sp³-hybridized carbons (Fsp3) is 0.917. The fourth-order valence-electron chi connectivity index (χ4n) is 1.18. The number of hydrogen-bond acceptors (Lipinski definition) is 3. The highest BCUT2D eigenvalue weighted by Gasteiger charge is 2.13. The molecule has 96 valence electrons. The Bertz CT molecular complexity index is 188. The third kappa shape index (κ3) is 7.99. The molecule has 0 fully saturated rings. The number of hydrogen-bond donors (Lipinski definition) is 2. The zero-order chi connectivity index (χ0) is 12.4. The van der Waals surface area contributed by atoms with Crippen LogP contribution in [0.15, 0.2) is 0 Å². The van der Waals surface area contributed by atoms with E-state index in [2.05, 4.69) is 19.2 Å². The van der Waals surface area contributed by atoms with Gasteiger partial charge in [0, 0.05) is 6.54 Å². The maximum absolute atomic E-state index is 11.6. The number of thioether (sulfide) groups is 1. The van der Waals surface area contributed by atoms with Crippen molar-refractivity contribution in [3.05, 3.63) is 0 Å². The van der Waals surface area contributed by atoms with Gasteiger partial charge in [0.05, 0.1) is 5.25 Å². The molecule has 0 saturated heterocycles. The number of nitrogens with one attached hydrogen (secondary N) is 1. The molecule has 0 aliphatic rings. The van der Waals surface area contributed by atoms with E-state index < -0.39 is 0 Å². The maximum atomic E-state index is 11.6. The first-order chi connectivity index (χ1) is 7.61. The molecule has 3 nitrogen and oxygen atoms in total. The summed E-state index contributed by atoms with van der Waals surface area (Å²) in [4.78, 5) is 11.6. The lowest BCUT2D eigenvalue weighted by atomic mass is 10.2. The third-order valence-electron chi connectivity index (χ3n) is 2.48. The fourth-order valence-corrected chi connectivity index (χ4v) is 2.17. The average molecular weight is 246 g/mol. The van der Waals surface area contributed by atoms with Gasteiger partial charge in [-0.3, -0.25) is 4.79 Å². The van der Waals surface area contributed by atoms with Crippen LogP contribution in [0.4, 0.5) is 0 Å². The van der Waals surface area contributed by atoms with E-state index in [0.717, 1.165) is 18.7 Å². The van der Waals surface area contributed by atoms with Crippen LogP contribution in [0.2, 0.25) is 0 Å². The van der Waals surface area contributed by atoms with E-state index in [1.54, 1.807) is 11.8 Å². The molecule has 2 atom stereocenters. The molecule has 16 heavy (non-hydrogen) atoms. The molecule has 0 radical (unpaired) electrons. The molecular weight excluding hydrogens is 220 g/mol. The van der Waals surface area contributed by atoms with Gasteiger partial charge in [-0.25, -0.2) is 0 Å². The third-order valence-corrected chi connectivity index (χ3v) is 3.96. The predicted molar refractivity (Wildman–Crippen MR) is 72.7 cm³/mol. The smallest absolute Gasteiger partial charge is 0.232 e. The molecule has 2 unspecified atom stereocenters. The molecule has 0 heterocycles. The lowest BCUT2D eigenvalue weighted by Crippen LogP contribution is -2.32. The molecule has 0 rings (SSSR count). The molecule has 1 amide bonds. The maximum Gasteiger partial charge on any atom is 0.232 e. The van der Waals surface area contributed by atoms with Crippen molar-refractivity contribution in [3.8, 4) is 0 Å². The molecule has 4 heteroatoms. The van der Waals surface area contributed by atoms with Crippen LogP contribution >= 0.6 is 11.8 Å². The van der Waals surface area contributed by atoms with Crippen LogP contribution in [0.25, 0.3) is 0 Å². The van der Waals surface area contributed by atoms with Crippen molar-refractivity contribution in [2.24, 2.45) is 11.7 Å². The van der Waals surface area contributed by atoms with Gasteiger partial charge in [-0.15, -0.1) is 11.8 Å². The summed E-state index contributed by atoms with van der Waals surface area (Å²) in [5.41, 5.74) is 5.53. The van der Waals surface area contributed by atoms with Crippen molar-refractivity contribution in [2.75, 3.05) is 18.8 Å². The van der Waals surface area contributed by atoms with Crippen molar-refractivity contribution in [1.29, 1.82) is 0 Å². The Morgan fingerprint density at radius 1 is 1.38 bits per heavy atom. The van der Waals surface area contributed by atoms with Crippen molar-refractivity contribution in [3.63, 3.8) is 0 Å². The van der Waals surface area contributed by atoms with Crippen LogP contribution in [0.5, 0.6) is 0 Å². The minimum Gasteiger partial charge on any atom is -0.355 e. The Hall–Kier alpha value is -0.220. The number of nitrogens with two attached hydrogens (primary N) is 1. The second-order valence-corrected chi connectivity index (χ2v) is 5.69. The van der Waals surface area contributed by atoms with E-state index in [-0.39, 0.29) is 11.2 Å². The lowest BCUT2D eigenvalue weighted by Gasteiger charge is -2.14. The van der Waals surface area contributed by atoms with Gasteiger partial charge in [0.1, 0.15) is 0 Å². The van der Waals surface area contributed by atoms with E-state index in [1.165, 1.54) is 12.8 Å². The van der Waals surface area contributed by atoms with Crippen LogP contribution in [-0.4, -0.2) is 30.0 Å². The molecule has 0 aromatic carbocycles. The number of rotatable bonds is 9. The van der Waals surface area contributed by atoms with E-state index in [9.17, 15) is 4.79 Å². The minimum atomic E-state index is 0.0376. The summed E-state index contributed by atoms with van der Waals surface area (Å²) in [5, 5.41) is 3.01. The zero-order valence-corrected chi connectivity index (χ0v) is 11.6. The lowest BCUT2D eigenvalue weighted by molar-refractivity contribution is -0.120. The average Bonchev–Trinajstić information content (AvgIpc) is 2.30. The highest BCUT2D eigenvalue weighted by molar-refractivity contribution is 8.00. The molecule has 0 aromatic heterocycles. The molecule has 0 aliphatic heterocycles. The highest BCUT2D eigenvalue weighted by atomic mass is 32.2. The van der Waals surface area contributed by atoms with E-state index >= 15 is 0 Å². The van der Waals surface area contributed by atoms with Crippen molar-refractivity contribution in [1.82, 2.24) is 5.32 Å². The summed E-state index contributed by atoms with van der Waals surface area (Å²) >= 11 is 1.69. The van der Waals surface area contributed by atoms with E-state index in [1.807, 2.05) is 6.92 Å². The van der Waals surface area contributed by atoms with Crippen LogP contribution in [0.1, 0.15) is 40.0 Å². The number of carbonyl (C=O) groups is 1. The van der Waals surface area contributed by atoms with Crippen molar-refractivity contribution in [2.45, 2.75) is 45.3 Å². The molecule has 0 saturated carbocycles. The number of amides is 1. The predicted octanol–water partition coefficient (Wildman–Crippen LogP) is 2.01. The summed E-state index contributed by atoms with van der Waals surface area (Å²) in [5.74, 6) is 1.60. The highest BCUT2D eigenvalue weighted by Crippen LogP contribution is 2.14. The first kappa shape index (κ1) is 15.8. The number of carbonyl (C=O) groups excluding carboxylic acids is 1. The molecule has 0 aliphatic carbocycles. The van der Waals surface area contributed by atoms with Crippen LogP contribution in [0.3, 0.4) is 0 Å². The summed E-state index contributed by atoms with van der Waals surface area (Å²) < 4.78 is 0. The molecule has 0 spiro atoms. The second-order valence-electron chi connectivity index (χ2n) is 4.31. The Kier molecular flexibility index (Phi) is 9.83. The molecule has 3 N–H and O–H groups in total. The minimum absolute atomic E-state index is 0.0376. The van der Waals surface area contributed by atoms with Crippen molar-refractivity contribution >= 4 is 17.7 Å². The molecular formula is C12H26N2OS. The first-order valence-electron chi connectivity index (χ1n) is 6.21. The van der Waals surface area contributed by atoms with Crippen molar-refractivity contribution < 1.29 is 4.79 Å². The van der Waals surface area contributed by atoms with Gasteiger partial charge in [-0.1, -0.05) is 26.7 Å². The van der Waals surface area contributed by atoms with Gasteiger partial charge in [-0.2, -0.15) is 0 Å². The largest absolute Gasteiger partial charge is 0.355 e. The summed E-state index contributed by atoms with van der Waals surface area (Å²) in [6, 6.07) is 0. The standard InChI is InChI=1S/C12H26N2OS/c1-4-5-6-7-14-12(15)11(3)16-9-10(2)8-13/h10-11H,4-9,13H2,1-3H3,(H,14,15). The van der Waals surface area contributed by atoms with Gasteiger partial charge >= 0.3 is 0 Å². The Morgan fingerprint density at radius 2 is 2.06 bits per heavy atom. The van der Waals surface area contributed by atoms with Crippen LogP contribution in [0, 0.1) is 5.92 Å². The summed E-state index contributed by atoms with van der Waals surface area (Å²) in [6.07, 6.45) is 3.46. The van der Waals surface area contributed by atoms with Gasteiger partial charge in [0.2, 0.25) is 5.91 Å². The Labute approximate surface area is 104 Å². The molecule has 0 bridgehead atoms. The first-order valence-corrected chi connectivity index (χ1v) is 7.26. The van der Waals surface area contributed by atoms with Crippen LogP contribution in [-0.2, 0) is 4.79 Å². The quantitative estimate of drug-likeness (QED) is 0.612. The zero-order valence-electron chi connectivity index (χ0n) is 10.8. The van der Waals surface area contributed by atoms with Gasteiger partial charge in [0.15, 0.2) is 0 Å². The number of unbranched alkanes of at least 4 members (excludes halogenated alkanes) is 2. The molecule has 0 aromatic rings. The Morgan fingerprint density at radius 3 is 2.62 bits per heavy atom. The Balaban J connectivity index is 3.57. The van der Waals surface area contributed by atoms with E-state index in [4.69, 9.17) is 5.73 Å². The monoisotopic (exact) mass is 246 g/mol. The summed E-state index contributed by atoms with van der Waals surface area (Å²) in [6.45, 7) is 7.73. The van der Waals surface area contributed by atoms with E-state index in [0.29, 0.717) is 12.5 Å². The van der Waals surface area contributed by atoms with Gasteiger partial charge in [0.25, 0.3) is 0 Å². The topological polar surface area (TPSA) is 55.1 Å². The normalized spacial score (nSPS) is 14.5. The van der Waals surface area contributed by atoms with Gasteiger partial charge in [-0.05, 0) is 31.6 Å². The summed E-state index contributed by atoms with van der Waals surface area (Å²) in [7, 11) is 0. The van der Waals surface area contributed by atoms with Crippen LogP contribution < -0.4 is 11.1 Å².